The lowest BCUT2D eigenvalue weighted by Crippen LogP contribution is -2.48. The van der Waals surface area contributed by atoms with E-state index in [2.05, 4.69) is 15.1 Å². The van der Waals surface area contributed by atoms with Gasteiger partial charge < -0.3 is 29.7 Å². The summed E-state index contributed by atoms with van der Waals surface area (Å²) >= 11 is 6.02. The molecule has 3 atom stereocenters. The Balaban J connectivity index is 1.28. The number of aliphatic hydroxyl groups is 1. The number of amides is 1. The van der Waals surface area contributed by atoms with Crippen LogP contribution in [0.25, 0.3) is 0 Å². The SMILES string of the molecule is O=C(N[C@H](CN1CCCC1)[C@H](O)c1ccc2c(c1)OC=CO2)[C@@H]1CCN(c2ccc(Cl)cc2)C1. The molecule has 2 fully saturated rings. The van der Waals surface area contributed by atoms with Gasteiger partial charge in [0.15, 0.2) is 11.5 Å². The fourth-order valence-electron chi connectivity index (χ4n) is 4.96. The zero-order valence-corrected chi connectivity index (χ0v) is 19.8. The molecule has 2 N–H and O–H groups in total. The molecule has 0 aromatic heterocycles. The Morgan fingerprint density at radius 3 is 2.56 bits per heavy atom. The van der Waals surface area contributed by atoms with Crippen LogP contribution < -0.4 is 19.7 Å². The number of carbonyl (C=O) groups excluding carboxylic acids is 1. The second-order valence-corrected chi connectivity index (χ2v) is 9.63. The maximum absolute atomic E-state index is 13.3. The van der Waals surface area contributed by atoms with Crippen molar-refractivity contribution in [1.82, 2.24) is 10.2 Å². The largest absolute Gasteiger partial charge is 0.458 e. The summed E-state index contributed by atoms with van der Waals surface area (Å²) in [4.78, 5) is 17.8. The Morgan fingerprint density at radius 1 is 1.06 bits per heavy atom. The van der Waals surface area contributed by atoms with Crippen LogP contribution in [0.5, 0.6) is 11.5 Å². The minimum atomic E-state index is -0.863. The molecule has 3 aliphatic rings. The summed E-state index contributed by atoms with van der Waals surface area (Å²) in [6, 6.07) is 12.7. The Hall–Kier alpha value is -2.74. The van der Waals surface area contributed by atoms with Gasteiger partial charge in [-0.15, -0.1) is 0 Å². The van der Waals surface area contributed by atoms with Gasteiger partial charge in [0.05, 0.1) is 12.0 Å². The number of aliphatic hydroxyl groups excluding tert-OH is 1. The lowest BCUT2D eigenvalue weighted by Gasteiger charge is -2.30. The normalized spacial score (nSPS) is 21.5. The molecule has 2 aromatic rings. The average Bonchev–Trinajstić information content (AvgIpc) is 3.56. The molecular weight excluding hydrogens is 454 g/mol. The van der Waals surface area contributed by atoms with Gasteiger partial charge in [-0.1, -0.05) is 17.7 Å². The van der Waals surface area contributed by atoms with Crippen molar-refractivity contribution in [3.8, 4) is 11.5 Å². The van der Waals surface area contributed by atoms with E-state index in [0.29, 0.717) is 35.2 Å². The average molecular weight is 484 g/mol. The van der Waals surface area contributed by atoms with Crippen LogP contribution in [0.3, 0.4) is 0 Å². The van der Waals surface area contributed by atoms with Crippen LogP contribution in [0.2, 0.25) is 5.02 Å². The molecule has 5 rings (SSSR count). The number of anilines is 1. The van der Waals surface area contributed by atoms with Crippen molar-refractivity contribution in [2.45, 2.75) is 31.4 Å². The minimum Gasteiger partial charge on any atom is -0.458 e. The molecule has 3 heterocycles. The van der Waals surface area contributed by atoms with E-state index in [4.69, 9.17) is 21.1 Å². The Labute approximate surface area is 204 Å². The summed E-state index contributed by atoms with van der Waals surface area (Å²) in [5.41, 5.74) is 1.76. The summed E-state index contributed by atoms with van der Waals surface area (Å²) in [6.45, 7) is 4.04. The second-order valence-electron chi connectivity index (χ2n) is 9.19. The van der Waals surface area contributed by atoms with E-state index >= 15 is 0 Å². The first-order chi connectivity index (χ1) is 16.6. The molecule has 180 valence electrons. The molecule has 0 radical (unpaired) electrons. The highest BCUT2D eigenvalue weighted by Gasteiger charge is 2.33. The number of nitrogens with zero attached hydrogens (tertiary/aromatic N) is 2. The summed E-state index contributed by atoms with van der Waals surface area (Å²) in [7, 11) is 0. The number of ether oxygens (including phenoxy) is 2. The molecule has 0 unspecified atom stereocenters. The third-order valence-corrected chi connectivity index (χ3v) is 7.12. The predicted octanol–water partition coefficient (Wildman–Crippen LogP) is 3.72. The number of hydrogen-bond donors (Lipinski definition) is 2. The van der Waals surface area contributed by atoms with E-state index in [0.717, 1.165) is 44.6 Å². The third kappa shape index (κ3) is 5.17. The summed E-state index contributed by atoms with van der Waals surface area (Å²) in [5, 5.41) is 15.2. The summed E-state index contributed by atoms with van der Waals surface area (Å²) < 4.78 is 11.0. The quantitative estimate of drug-likeness (QED) is 0.625. The van der Waals surface area contributed by atoms with E-state index in [1.807, 2.05) is 30.3 Å². The highest BCUT2D eigenvalue weighted by atomic mass is 35.5. The van der Waals surface area contributed by atoms with Crippen molar-refractivity contribution in [3.05, 3.63) is 65.6 Å². The zero-order valence-electron chi connectivity index (χ0n) is 19.0. The number of hydrogen-bond acceptors (Lipinski definition) is 6. The van der Waals surface area contributed by atoms with Crippen molar-refractivity contribution < 1.29 is 19.4 Å². The number of benzene rings is 2. The number of halogens is 1. The molecule has 34 heavy (non-hydrogen) atoms. The van der Waals surface area contributed by atoms with Crippen molar-refractivity contribution in [1.29, 1.82) is 0 Å². The molecule has 7 nitrogen and oxygen atoms in total. The Bertz CT molecular complexity index is 1040. The molecule has 8 heteroatoms. The fraction of sp³-hybridized carbons (Fsp3) is 0.423. The monoisotopic (exact) mass is 483 g/mol. The standard InChI is InChI=1S/C26H30ClN3O4/c27-20-4-6-21(7-5-20)30-12-9-19(16-30)26(32)28-22(17-29-10-1-2-11-29)25(31)18-3-8-23-24(15-18)34-14-13-33-23/h3-8,13-15,19,22,25,31H,1-2,9-12,16-17H2,(H,28,32)/t19-,22-,25-/m1/s1. The highest BCUT2D eigenvalue weighted by Crippen LogP contribution is 2.34. The number of fused-ring (bicyclic) bond motifs is 1. The Morgan fingerprint density at radius 2 is 1.79 bits per heavy atom. The van der Waals surface area contributed by atoms with Crippen LogP contribution in [-0.4, -0.2) is 54.7 Å². The van der Waals surface area contributed by atoms with Gasteiger partial charge in [0.25, 0.3) is 0 Å². The molecule has 0 bridgehead atoms. The van der Waals surface area contributed by atoms with Crippen LogP contribution in [0.4, 0.5) is 5.69 Å². The molecular formula is C26H30ClN3O4. The van der Waals surface area contributed by atoms with Gasteiger partial charge in [0, 0.05) is 30.3 Å². The van der Waals surface area contributed by atoms with Crippen LogP contribution >= 0.6 is 11.6 Å². The summed E-state index contributed by atoms with van der Waals surface area (Å²) in [5.74, 6) is 1.01. The molecule has 1 amide bonds. The van der Waals surface area contributed by atoms with E-state index in [1.54, 1.807) is 12.1 Å². The van der Waals surface area contributed by atoms with E-state index < -0.39 is 12.1 Å². The Kier molecular flexibility index (Phi) is 6.94. The first-order valence-electron chi connectivity index (χ1n) is 11.9. The first kappa shape index (κ1) is 23.0. The van der Waals surface area contributed by atoms with Crippen molar-refractivity contribution in [2.24, 2.45) is 5.92 Å². The smallest absolute Gasteiger partial charge is 0.225 e. The van der Waals surface area contributed by atoms with Gasteiger partial charge in [-0.2, -0.15) is 0 Å². The molecule has 0 spiro atoms. The topological polar surface area (TPSA) is 74.3 Å². The predicted molar refractivity (Wildman–Crippen MR) is 131 cm³/mol. The number of carbonyl (C=O) groups is 1. The fourth-order valence-corrected chi connectivity index (χ4v) is 5.09. The number of nitrogens with one attached hydrogen (secondary N) is 1. The number of rotatable bonds is 7. The van der Waals surface area contributed by atoms with Crippen LogP contribution in [0, 0.1) is 5.92 Å². The van der Waals surface area contributed by atoms with E-state index in [1.165, 1.54) is 12.5 Å². The lowest BCUT2D eigenvalue weighted by atomic mass is 9.99. The van der Waals surface area contributed by atoms with Gasteiger partial charge >= 0.3 is 0 Å². The van der Waals surface area contributed by atoms with Crippen LogP contribution in [0.1, 0.15) is 30.9 Å². The van der Waals surface area contributed by atoms with Gasteiger partial charge in [-0.05, 0) is 74.3 Å². The first-order valence-corrected chi connectivity index (χ1v) is 12.3. The van der Waals surface area contributed by atoms with Gasteiger partial charge in [0.1, 0.15) is 18.6 Å². The van der Waals surface area contributed by atoms with E-state index in [9.17, 15) is 9.90 Å². The van der Waals surface area contributed by atoms with Crippen molar-refractivity contribution in [2.75, 3.05) is 37.6 Å². The molecule has 0 saturated carbocycles. The minimum absolute atomic E-state index is 0.0137. The van der Waals surface area contributed by atoms with E-state index in [-0.39, 0.29) is 11.8 Å². The van der Waals surface area contributed by atoms with Crippen LogP contribution in [0.15, 0.2) is 55.0 Å². The van der Waals surface area contributed by atoms with Crippen LogP contribution in [-0.2, 0) is 4.79 Å². The van der Waals surface area contributed by atoms with Gasteiger partial charge in [0.2, 0.25) is 5.91 Å². The molecule has 0 aliphatic carbocycles. The highest BCUT2D eigenvalue weighted by molar-refractivity contribution is 6.30. The van der Waals surface area contributed by atoms with Gasteiger partial charge in [-0.25, -0.2) is 0 Å². The van der Waals surface area contributed by atoms with Crippen molar-refractivity contribution >= 4 is 23.2 Å². The number of likely N-dealkylation sites (tertiary alicyclic amines) is 1. The van der Waals surface area contributed by atoms with Crippen molar-refractivity contribution in [3.63, 3.8) is 0 Å². The summed E-state index contributed by atoms with van der Waals surface area (Å²) in [6.07, 6.45) is 5.14. The molecule has 2 saturated heterocycles. The molecule has 3 aliphatic heterocycles. The van der Waals surface area contributed by atoms with Gasteiger partial charge in [-0.3, -0.25) is 4.79 Å². The second kappa shape index (κ2) is 10.3. The zero-order chi connectivity index (χ0) is 23.5. The lowest BCUT2D eigenvalue weighted by molar-refractivity contribution is -0.126. The third-order valence-electron chi connectivity index (χ3n) is 6.87. The maximum Gasteiger partial charge on any atom is 0.225 e. The maximum atomic E-state index is 13.3. The molecule has 2 aromatic carbocycles.